The highest BCUT2D eigenvalue weighted by atomic mass is 19.1. The Balaban J connectivity index is 1.89. The largest absolute Gasteiger partial charge is 0.507 e. The van der Waals surface area contributed by atoms with Crippen LogP contribution >= 0.6 is 0 Å². The molecule has 1 amide bonds. The molecule has 6 nitrogen and oxygen atoms in total. The maximum Gasteiger partial charge on any atom is 0.295 e. The highest BCUT2D eigenvalue weighted by Gasteiger charge is 2.46. The number of hydrogen-bond donors (Lipinski definition) is 2. The van der Waals surface area contributed by atoms with E-state index in [1.54, 1.807) is 6.07 Å². The molecule has 1 atom stereocenters. The van der Waals surface area contributed by atoms with Gasteiger partial charge in [0.15, 0.2) is 11.5 Å². The molecule has 4 rings (SSSR count). The Morgan fingerprint density at radius 2 is 1.72 bits per heavy atom. The first-order valence-corrected chi connectivity index (χ1v) is 9.86. The first-order chi connectivity index (χ1) is 15.4. The van der Waals surface area contributed by atoms with Crippen molar-refractivity contribution in [2.24, 2.45) is 0 Å². The van der Waals surface area contributed by atoms with E-state index in [2.05, 4.69) is 0 Å². The van der Waals surface area contributed by atoms with E-state index in [4.69, 9.17) is 4.74 Å². The number of phenolic OH excluding ortho intramolecular Hbond substituents is 1. The molecule has 1 heterocycles. The standard InChI is InChI=1S/C25H20FNO5/c1-32-20-13-17(9-12-19(20)28)22-21(23(29)16-7-10-18(26)11-8-16)24(30)25(31)27(22)14-15-5-3-2-4-6-15/h2-13,22,28-29H,14H2,1H3/b23-21+. The molecule has 1 aliphatic heterocycles. The van der Waals surface area contributed by atoms with Crippen LogP contribution in [0, 0.1) is 5.82 Å². The first kappa shape index (κ1) is 21.1. The van der Waals surface area contributed by atoms with Crippen molar-refractivity contribution in [3.63, 3.8) is 0 Å². The molecule has 0 aromatic heterocycles. The molecule has 0 aliphatic carbocycles. The quantitative estimate of drug-likeness (QED) is 0.358. The second-order valence-corrected chi connectivity index (χ2v) is 7.35. The topological polar surface area (TPSA) is 87.1 Å². The number of carbonyl (C=O) groups excluding carboxylic acids is 2. The number of aliphatic hydroxyl groups excluding tert-OH is 1. The lowest BCUT2D eigenvalue weighted by Crippen LogP contribution is -2.29. The lowest BCUT2D eigenvalue weighted by atomic mass is 9.95. The van der Waals surface area contributed by atoms with Crippen LogP contribution in [-0.2, 0) is 16.1 Å². The van der Waals surface area contributed by atoms with Crippen molar-refractivity contribution in [2.45, 2.75) is 12.6 Å². The number of hydrogen-bond acceptors (Lipinski definition) is 5. The van der Waals surface area contributed by atoms with Crippen LogP contribution in [0.25, 0.3) is 5.76 Å². The summed E-state index contributed by atoms with van der Waals surface area (Å²) in [4.78, 5) is 27.4. The molecule has 0 radical (unpaired) electrons. The van der Waals surface area contributed by atoms with Crippen molar-refractivity contribution in [2.75, 3.05) is 7.11 Å². The number of nitrogens with zero attached hydrogens (tertiary/aromatic N) is 1. The van der Waals surface area contributed by atoms with Gasteiger partial charge in [0.05, 0.1) is 18.7 Å². The number of ether oxygens (including phenoxy) is 1. The van der Waals surface area contributed by atoms with E-state index in [-0.39, 0.29) is 29.2 Å². The summed E-state index contributed by atoms with van der Waals surface area (Å²) in [5.41, 5.74) is 1.36. The lowest BCUT2D eigenvalue weighted by molar-refractivity contribution is -0.140. The minimum Gasteiger partial charge on any atom is -0.507 e. The summed E-state index contributed by atoms with van der Waals surface area (Å²) in [7, 11) is 1.39. The number of amides is 1. The van der Waals surface area contributed by atoms with Gasteiger partial charge in [0.1, 0.15) is 11.6 Å². The second-order valence-electron chi connectivity index (χ2n) is 7.35. The number of phenols is 1. The number of rotatable bonds is 5. The van der Waals surface area contributed by atoms with Crippen LogP contribution in [0.15, 0.2) is 78.4 Å². The highest BCUT2D eigenvalue weighted by Crippen LogP contribution is 2.42. The number of benzene rings is 3. The second kappa shape index (κ2) is 8.55. The maximum absolute atomic E-state index is 13.4. The van der Waals surface area contributed by atoms with E-state index in [1.165, 1.54) is 36.3 Å². The van der Waals surface area contributed by atoms with Gasteiger partial charge in [-0.3, -0.25) is 9.59 Å². The van der Waals surface area contributed by atoms with Gasteiger partial charge in [-0.15, -0.1) is 0 Å². The number of halogens is 1. The van der Waals surface area contributed by atoms with Crippen molar-refractivity contribution in [1.29, 1.82) is 0 Å². The number of Topliss-reactive ketones (excluding diaryl/α,β-unsaturated/α-hetero) is 1. The van der Waals surface area contributed by atoms with Crippen LogP contribution in [0.5, 0.6) is 11.5 Å². The van der Waals surface area contributed by atoms with Crippen LogP contribution in [0.4, 0.5) is 4.39 Å². The van der Waals surface area contributed by atoms with Gasteiger partial charge in [0.2, 0.25) is 0 Å². The fraction of sp³-hybridized carbons (Fsp3) is 0.120. The Morgan fingerprint density at radius 1 is 1.03 bits per heavy atom. The molecule has 0 bridgehead atoms. The van der Waals surface area contributed by atoms with Gasteiger partial charge in [-0.1, -0.05) is 36.4 Å². The minimum atomic E-state index is -0.935. The predicted molar refractivity (Wildman–Crippen MR) is 115 cm³/mol. The maximum atomic E-state index is 13.4. The summed E-state index contributed by atoms with van der Waals surface area (Å²) < 4.78 is 18.6. The van der Waals surface area contributed by atoms with E-state index in [0.717, 1.165) is 17.7 Å². The summed E-state index contributed by atoms with van der Waals surface area (Å²) in [6.45, 7) is 0.124. The van der Waals surface area contributed by atoms with Crippen LogP contribution < -0.4 is 4.74 Å². The minimum absolute atomic E-state index is 0.102. The zero-order valence-electron chi connectivity index (χ0n) is 17.2. The summed E-state index contributed by atoms with van der Waals surface area (Å²) in [6.07, 6.45) is 0. The van der Waals surface area contributed by atoms with E-state index >= 15 is 0 Å². The van der Waals surface area contributed by atoms with Gasteiger partial charge in [0.25, 0.3) is 11.7 Å². The Labute approximate surface area is 183 Å². The smallest absolute Gasteiger partial charge is 0.295 e. The van der Waals surface area contributed by atoms with E-state index < -0.39 is 29.3 Å². The molecule has 32 heavy (non-hydrogen) atoms. The van der Waals surface area contributed by atoms with Crippen molar-refractivity contribution in [3.05, 3.63) is 101 Å². The van der Waals surface area contributed by atoms with E-state index in [1.807, 2.05) is 30.3 Å². The third-order valence-electron chi connectivity index (χ3n) is 5.37. The van der Waals surface area contributed by atoms with Gasteiger partial charge >= 0.3 is 0 Å². The first-order valence-electron chi connectivity index (χ1n) is 9.86. The average Bonchev–Trinajstić information content (AvgIpc) is 3.05. The van der Waals surface area contributed by atoms with Crippen molar-refractivity contribution >= 4 is 17.4 Å². The van der Waals surface area contributed by atoms with Crippen LogP contribution in [0.2, 0.25) is 0 Å². The Morgan fingerprint density at radius 3 is 2.38 bits per heavy atom. The van der Waals surface area contributed by atoms with E-state index in [9.17, 15) is 24.2 Å². The molecule has 1 unspecified atom stereocenters. The molecule has 1 saturated heterocycles. The fourth-order valence-electron chi connectivity index (χ4n) is 3.80. The molecule has 2 N–H and O–H groups in total. The molecular weight excluding hydrogens is 413 g/mol. The summed E-state index contributed by atoms with van der Waals surface area (Å²) in [6, 6.07) is 17.7. The molecule has 162 valence electrons. The molecule has 0 spiro atoms. The van der Waals surface area contributed by atoms with Crippen molar-refractivity contribution in [1.82, 2.24) is 4.90 Å². The molecule has 3 aromatic carbocycles. The summed E-state index contributed by atoms with van der Waals surface area (Å²) in [5, 5.41) is 21.0. The van der Waals surface area contributed by atoms with Gasteiger partial charge in [-0.05, 0) is 47.5 Å². The lowest BCUT2D eigenvalue weighted by Gasteiger charge is -2.26. The molecular formula is C25H20FNO5. The van der Waals surface area contributed by atoms with Crippen molar-refractivity contribution < 1.29 is 28.9 Å². The van der Waals surface area contributed by atoms with Gasteiger partial charge in [0, 0.05) is 12.1 Å². The van der Waals surface area contributed by atoms with Crippen LogP contribution in [0.1, 0.15) is 22.7 Å². The highest BCUT2D eigenvalue weighted by molar-refractivity contribution is 6.46. The zero-order chi connectivity index (χ0) is 22.8. The molecule has 7 heteroatoms. The Kier molecular flexibility index (Phi) is 5.64. The summed E-state index contributed by atoms with van der Waals surface area (Å²) >= 11 is 0. The number of likely N-dealkylation sites (tertiary alicyclic amines) is 1. The predicted octanol–water partition coefficient (Wildman–Crippen LogP) is 4.16. The molecule has 0 saturated carbocycles. The SMILES string of the molecule is COc1cc(C2/C(=C(\O)c3ccc(F)cc3)C(=O)C(=O)N2Cc2ccccc2)ccc1O. The number of carbonyl (C=O) groups is 2. The van der Waals surface area contributed by atoms with Gasteiger partial charge in [-0.25, -0.2) is 4.39 Å². The van der Waals surface area contributed by atoms with Gasteiger partial charge < -0.3 is 19.8 Å². The zero-order valence-corrected chi connectivity index (χ0v) is 17.2. The molecule has 3 aromatic rings. The molecule has 1 aliphatic rings. The third-order valence-corrected chi connectivity index (χ3v) is 5.37. The number of aliphatic hydroxyl groups is 1. The fourth-order valence-corrected chi connectivity index (χ4v) is 3.80. The number of aromatic hydroxyl groups is 1. The van der Waals surface area contributed by atoms with Gasteiger partial charge in [-0.2, -0.15) is 0 Å². The van der Waals surface area contributed by atoms with Crippen molar-refractivity contribution in [3.8, 4) is 11.5 Å². The number of ketones is 1. The van der Waals surface area contributed by atoms with Crippen LogP contribution in [-0.4, -0.2) is 33.9 Å². The normalized spacial score (nSPS) is 17.6. The number of methoxy groups -OCH3 is 1. The Bertz CT molecular complexity index is 1200. The van der Waals surface area contributed by atoms with E-state index in [0.29, 0.717) is 5.56 Å². The summed E-state index contributed by atoms with van der Waals surface area (Å²) in [5.74, 6) is -2.46. The Hall–Kier alpha value is -4.13. The van der Waals surface area contributed by atoms with Crippen LogP contribution in [0.3, 0.4) is 0 Å². The third kappa shape index (κ3) is 3.80. The molecule has 1 fully saturated rings. The monoisotopic (exact) mass is 433 g/mol. The average molecular weight is 433 g/mol.